The van der Waals surface area contributed by atoms with Crippen molar-refractivity contribution in [3.8, 4) is 11.6 Å². The smallest absolute Gasteiger partial charge is 0.240 e. The fraction of sp³-hybridized carbons (Fsp3) is 0.176. The van der Waals surface area contributed by atoms with Gasteiger partial charge in [-0.2, -0.15) is 0 Å². The molecule has 3 rings (SSSR count). The summed E-state index contributed by atoms with van der Waals surface area (Å²) in [4.78, 5) is 8.93. The number of fused-ring (bicyclic) bond motifs is 1. The van der Waals surface area contributed by atoms with Crippen LogP contribution >= 0.6 is 0 Å². The predicted octanol–water partition coefficient (Wildman–Crippen LogP) is 3.25. The van der Waals surface area contributed by atoms with Crippen molar-refractivity contribution in [3.05, 3.63) is 54.4 Å². The minimum absolute atomic E-state index is 0.354. The molecule has 1 N–H and O–H groups in total. The second kappa shape index (κ2) is 6.45. The number of methoxy groups -OCH3 is 1. The molecule has 0 saturated carbocycles. The standard InChI is InChI=1S/C17H17N3O3S/c1-22-17-16-14(7-9-20-17)15(8-10-19-16)23-11-12-3-5-13(6-4-12)24(2,18)21/h3-10,18H,11H2,1-2H3. The Bertz CT molecular complexity index is 970. The number of hydrogen-bond donors (Lipinski definition) is 1. The van der Waals surface area contributed by atoms with E-state index in [0.717, 1.165) is 10.9 Å². The van der Waals surface area contributed by atoms with Crippen LogP contribution in [0.5, 0.6) is 11.6 Å². The lowest BCUT2D eigenvalue weighted by atomic mass is 10.2. The summed E-state index contributed by atoms with van der Waals surface area (Å²) in [6.07, 6.45) is 4.71. The van der Waals surface area contributed by atoms with Crippen molar-refractivity contribution in [2.24, 2.45) is 0 Å². The number of aromatic nitrogens is 2. The van der Waals surface area contributed by atoms with Crippen LogP contribution in [0.4, 0.5) is 0 Å². The molecular formula is C17H17N3O3S. The molecule has 0 aliphatic heterocycles. The average Bonchev–Trinajstić information content (AvgIpc) is 2.59. The second-order valence-electron chi connectivity index (χ2n) is 5.30. The molecule has 124 valence electrons. The van der Waals surface area contributed by atoms with Crippen molar-refractivity contribution in [2.75, 3.05) is 13.4 Å². The number of benzene rings is 1. The largest absolute Gasteiger partial charge is 0.488 e. The Labute approximate surface area is 140 Å². The van der Waals surface area contributed by atoms with E-state index in [1.54, 1.807) is 37.7 Å². The molecule has 1 aromatic carbocycles. The minimum atomic E-state index is -2.69. The first kappa shape index (κ1) is 16.2. The van der Waals surface area contributed by atoms with Gasteiger partial charge in [0.2, 0.25) is 5.88 Å². The molecule has 0 bridgehead atoms. The van der Waals surface area contributed by atoms with E-state index in [-0.39, 0.29) is 0 Å². The zero-order valence-electron chi connectivity index (χ0n) is 13.4. The normalized spacial score (nSPS) is 13.4. The third-order valence-corrected chi connectivity index (χ3v) is 4.72. The van der Waals surface area contributed by atoms with Crippen LogP contribution in [0, 0.1) is 4.78 Å². The van der Waals surface area contributed by atoms with E-state index in [4.69, 9.17) is 14.3 Å². The van der Waals surface area contributed by atoms with Gasteiger partial charge < -0.3 is 9.47 Å². The van der Waals surface area contributed by atoms with Crippen LogP contribution in [-0.2, 0) is 16.3 Å². The summed E-state index contributed by atoms with van der Waals surface area (Å²) in [5.41, 5.74) is 1.57. The predicted molar refractivity (Wildman–Crippen MR) is 91.9 cm³/mol. The van der Waals surface area contributed by atoms with Crippen molar-refractivity contribution >= 4 is 20.6 Å². The average molecular weight is 343 g/mol. The van der Waals surface area contributed by atoms with E-state index in [2.05, 4.69) is 9.97 Å². The first-order chi connectivity index (χ1) is 11.5. The molecular weight excluding hydrogens is 326 g/mol. The number of pyridine rings is 2. The molecule has 0 saturated heterocycles. The topological polar surface area (TPSA) is 85.2 Å². The van der Waals surface area contributed by atoms with Gasteiger partial charge >= 0.3 is 0 Å². The maximum Gasteiger partial charge on any atom is 0.240 e. The van der Waals surface area contributed by atoms with Crippen molar-refractivity contribution in [2.45, 2.75) is 11.5 Å². The van der Waals surface area contributed by atoms with Gasteiger partial charge in [0.1, 0.15) is 17.9 Å². The Balaban J connectivity index is 1.83. The highest BCUT2D eigenvalue weighted by Gasteiger charge is 2.09. The Morgan fingerprint density at radius 2 is 1.79 bits per heavy atom. The van der Waals surface area contributed by atoms with Gasteiger partial charge in [-0.3, -0.25) is 4.98 Å². The molecule has 2 heterocycles. The lowest BCUT2D eigenvalue weighted by Crippen LogP contribution is -1.99. The van der Waals surface area contributed by atoms with Crippen LogP contribution in [-0.4, -0.2) is 27.5 Å². The van der Waals surface area contributed by atoms with E-state index in [1.807, 2.05) is 18.2 Å². The maximum absolute atomic E-state index is 11.7. The van der Waals surface area contributed by atoms with Gasteiger partial charge in [0.25, 0.3) is 0 Å². The molecule has 0 fully saturated rings. The number of nitrogens with one attached hydrogen (secondary N) is 1. The molecule has 0 aliphatic carbocycles. The summed E-state index contributed by atoms with van der Waals surface area (Å²) in [6.45, 7) is 0.354. The van der Waals surface area contributed by atoms with Crippen molar-refractivity contribution in [1.82, 2.24) is 9.97 Å². The van der Waals surface area contributed by atoms with Gasteiger partial charge in [-0.25, -0.2) is 14.0 Å². The summed E-state index contributed by atoms with van der Waals surface area (Å²) in [5.74, 6) is 1.14. The molecule has 1 atom stereocenters. The van der Waals surface area contributed by atoms with Crippen LogP contribution in [0.3, 0.4) is 0 Å². The summed E-state index contributed by atoms with van der Waals surface area (Å²) in [5, 5.41) is 0.823. The number of hydrogen-bond acceptors (Lipinski definition) is 6. The van der Waals surface area contributed by atoms with Crippen LogP contribution in [0.1, 0.15) is 5.56 Å². The van der Waals surface area contributed by atoms with Crippen molar-refractivity contribution in [1.29, 1.82) is 4.78 Å². The molecule has 6 nitrogen and oxygen atoms in total. The van der Waals surface area contributed by atoms with Crippen LogP contribution in [0.15, 0.2) is 53.7 Å². The molecule has 1 unspecified atom stereocenters. The molecule has 3 aromatic rings. The highest BCUT2D eigenvalue weighted by Crippen LogP contribution is 2.28. The Kier molecular flexibility index (Phi) is 4.35. The molecule has 0 amide bonds. The van der Waals surface area contributed by atoms with E-state index in [9.17, 15) is 4.21 Å². The van der Waals surface area contributed by atoms with E-state index in [1.165, 1.54) is 6.26 Å². The van der Waals surface area contributed by atoms with E-state index < -0.39 is 9.73 Å². The fourth-order valence-corrected chi connectivity index (χ4v) is 2.96. The first-order valence-electron chi connectivity index (χ1n) is 7.22. The fourth-order valence-electron chi connectivity index (χ4n) is 2.31. The minimum Gasteiger partial charge on any atom is -0.488 e. The Morgan fingerprint density at radius 3 is 2.46 bits per heavy atom. The first-order valence-corrected chi connectivity index (χ1v) is 9.19. The third kappa shape index (κ3) is 3.30. The van der Waals surface area contributed by atoms with Gasteiger partial charge in [-0.05, 0) is 29.8 Å². The van der Waals surface area contributed by atoms with Gasteiger partial charge in [0.15, 0.2) is 0 Å². The van der Waals surface area contributed by atoms with Crippen molar-refractivity contribution in [3.63, 3.8) is 0 Å². The SMILES string of the molecule is COc1nccc2c(OCc3ccc(S(C)(=N)=O)cc3)ccnc12. The number of nitrogens with zero attached hydrogens (tertiary/aromatic N) is 2. The molecule has 2 aromatic heterocycles. The van der Waals surface area contributed by atoms with E-state index >= 15 is 0 Å². The number of rotatable bonds is 5. The van der Waals surface area contributed by atoms with Gasteiger partial charge in [0, 0.05) is 28.9 Å². The number of ether oxygens (including phenoxy) is 2. The molecule has 24 heavy (non-hydrogen) atoms. The summed E-state index contributed by atoms with van der Waals surface area (Å²) in [6, 6.07) is 10.7. The molecule has 0 radical (unpaired) electrons. The van der Waals surface area contributed by atoms with Crippen molar-refractivity contribution < 1.29 is 13.7 Å². The van der Waals surface area contributed by atoms with Crippen LogP contribution in [0.2, 0.25) is 0 Å². The highest BCUT2D eigenvalue weighted by molar-refractivity contribution is 7.91. The molecule has 0 aliphatic rings. The lowest BCUT2D eigenvalue weighted by molar-refractivity contribution is 0.309. The molecule has 0 spiro atoms. The second-order valence-corrected chi connectivity index (χ2v) is 7.46. The maximum atomic E-state index is 11.7. The monoisotopic (exact) mass is 343 g/mol. The Morgan fingerprint density at radius 1 is 1.08 bits per heavy atom. The summed E-state index contributed by atoms with van der Waals surface area (Å²) < 4.78 is 30.4. The van der Waals surface area contributed by atoms with Gasteiger partial charge in [-0.1, -0.05) is 12.1 Å². The van der Waals surface area contributed by atoms with Crippen LogP contribution < -0.4 is 9.47 Å². The van der Waals surface area contributed by atoms with Gasteiger partial charge in [0.05, 0.1) is 16.8 Å². The van der Waals surface area contributed by atoms with E-state index in [0.29, 0.717) is 28.6 Å². The third-order valence-electron chi connectivity index (χ3n) is 3.55. The quantitative estimate of drug-likeness (QED) is 0.768. The summed E-state index contributed by atoms with van der Waals surface area (Å²) in [7, 11) is -1.14. The Hall–Kier alpha value is -2.67. The summed E-state index contributed by atoms with van der Waals surface area (Å²) >= 11 is 0. The highest BCUT2D eigenvalue weighted by atomic mass is 32.2. The van der Waals surface area contributed by atoms with Crippen LogP contribution in [0.25, 0.3) is 10.9 Å². The molecule has 7 heteroatoms. The zero-order chi connectivity index (χ0) is 17.2. The zero-order valence-corrected chi connectivity index (χ0v) is 14.2. The van der Waals surface area contributed by atoms with Gasteiger partial charge in [-0.15, -0.1) is 0 Å². The lowest BCUT2D eigenvalue weighted by Gasteiger charge is -2.10.